The molecule has 4 nitrogen and oxygen atoms in total. The summed E-state index contributed by atoms with van der Waals surface area (Å²) in [6, 6.07) is 6.28. The average Bonchev–Trinajstić information content (AvgIpc) is 2.49. The van der Waals surface area contributed by atoms with Gasteiger partial charge >= 0.3 is 0 Å². The monoisotopic (exact) mass is 357 g/mol. The smallest absolute Gasteiger partial charge is 0.119 e. The van der Waals surface area contributed by atoms with Crippen LogP contribution in [0.2, 0.25) is 0 Å². The minimum absolute atomic E-state index is 0.140. The van der Waals surface area contributed by atoms with E-state index in [-0.39, 0.29) is 6.10 Å². The van der Waals surface area contributed by atoms with Gasteiger partial charge in [0.1, 0.15) is 5.75 Å². The zero-order valence-electron chi connectivity index (χ0n) is 12.9. The summed E-state index contributed by atoms with van der Waals surface area (Å²) < 4.78 is 12.0. The molecule has 0 radical (unpaired) electrons. The summed E-state index contributed by atoms with van der Waals surface area (Å²) in [5, 5.41) is 10.5. The van der Waals surface area contributed by atoms with Gasteiger partial charge in [-0.05, 0) is 37.6 Å². The van der Waals surface area contributed by atoms with Gasteiger partial charge in [0.2, 0.25) is 0 Å². The number of hydrogen-bond acceptors (Lipinski definition) is 4. The normalized spacial score (nSPS) is 21.5. The summed E-state index contributed by atoms with van der Waals surface area (Å²) in [5.41, 5.74) is 1.03. The zero-order valence-corrected chi connectivity index (χ0v) is 14.5. The molecule has 0 bridgehead atoms. The van der Waals surface area contributed by atoms with Crippen LogP contribution in [0.4, 0.5) is 0 Å². The molecule has 2 atom stereocenters. The maximum atomic E-state index is 10.5. The number of morpholine rings is 1. The van der Waals surface area contributed by atoms with Gasteiger partial charge in [0.25, 0.3) is 0 Å². The SMILES string of the molecule is COc1ccc(Br)c(CC(O)C2CN(C(C)C)CCO2)c1. The number of aliphatic hydroxyl groups excluding tert-OH is 1. The summed E-state index contributed by atoms with van der Waals surface area (Å²) in [6.07, 6.45) is -0.108. The third-order valence-corrected chi connectivity index (χ3v) is 4.74. The number of methoxy groups -OCH3 is 1. The first-order chi connectivity index (χ1) is 10.0. The predicted molar refractivity (Wildman–Crippen MR) is 86.9 cm³/mol. The Hall–Kier alpha value is -0.620. The minimum Gasteiger partial charge on any atom is -0.497 e. The van der Waals surface area contributed by atoms with Crippen molar-refractivity contribution in [2.45, 2.75) is 38.5 Å². The van der Waals surface area contributed by atoms with E-state index in [2.05, 4.69) is 34.7 Å². The first kappa shape index (κ1) is 16.7. The van der Waals surface area contributed by atoms with Gasteiger partial charge < -0.3 is 14.6 Å². The number of hydrogen-bond donors (Lipinski definition) is 1. The number of halogens is 1. The van der Waals surface area contributed by atoms with E-state index in [1.165, 1.54) is 0 Å². The van der Waals surface area contributed by atoms with Crippen LogP contribution < -0.4 is 4.74 Å². The van der Waals surface area contributed by atoms with Gasteiger partial charge in [-0.2, -0.15) is 0 Å². The maximum Gasteiger partial charge on any atom is 0.119 e. The molecular formula is C16H24BrNO3. The van der Waals surface area contributed by atoms with Gasteiger partial charge in [0.05, 0.1) is 25.9 Å². The second-order valence-electron chi connectivity index (χ2n) is 5.73. The third kappa shape index (κ3) is 4.42. The van der Waals surface area contributed by atoms with Crippen molar-refractivity contribution in [3.8, 4) is 5.75 Å². The van der Waals surface area contributed by atoms with Crippen molar-refractivity contribution in [3.63, 3.8) is 0 Å². The van der Waals surface area contributed by atoms with Crippen molar-refractivity contribution in [3.05, 3.63) is 28.2 Å². The highest BCUT2D eigenvalue weighted by Crippen LogP contribution is 2.25. The van der Waals surface area contributed by atoms with Crippen molar-refractivity contribution < 1.29 is 14.6 Å². The molecule has 5 heteroatoms. The van der Waals surface area contributed by atoms with Gasteiger partial charge in [0, 0.05) is 30.0 Å². The van der Waals surface area contributed by atoms with Crippen LogP contribution in [0.15, 0.2) is 22.7 Å². The summed E-state index contributed by atoms with van der Waals surface area (Å²) in [4.78, 5) is 2.35. The van der Waals surface area contributed by atoms with Gasteiger partial charge in [0.15, 0.2) is 0 Å². The topological polar surface area (TPSA) is 41.9 Å². The van der Waals surface area contributed by atoms with Crippen LogP contribution in [0.1, 0.15) is 19.4 Å². The molecule has 118 valence electrons. The second-order valence-corrected chi connectivity index (χ2v) is 6.58. The molecule has 0 aromatic heterocycles. The molecule has 1 N–H and O–H groups in total. The summed E-state index contributed by atoms with van der Waals surface area (Å²) in [7, 11) is 1.65. The third-order valence-electron chi connectivity index (χ3n) is 3.97. The molecule has 21 heavy (non-hydrogen) atoms. The Labute approximate surface area is 135 Å². The van der Waals surface area contributed by atoms with E-state index >= 15 is 0 Å². The van der Waals surface area contributed by atoms with E-state index in [1.807, 2.05) is 18.2 Å². The van der Waals surface area contributed by atoms with Crippen LogP contribution in [-0.2, 0) is 11.2 Å². The zero-order chi connectivity index (χ0) is 15.4. The highest BCUT2D eigenvalue weighted by Gasteiger charge is 2.28. The summed E-state index contributed by atoms with van der Waals surface area (Å²) >= 11 is 3.53. The maximum absolute atomic E-state index is 10.5. The van der Waals surface area contributed by atoms with Crippen LogP contribution in [-0.4, -0.2) is 55.1 Å². The molecule has 1 fully saturated rings. The minimum atomic E-state index is -0.519. The Morgan fingerprint density at radius 1 is 1.48 bits per heavy atom. The van der Waals surface area contributed by atoms with Gasteiger partial charge in [-0.1, -0.05) is 15.9 Å². The fraction of sp³-hybridized carbons (Fsp3) is 0.625. The molecule has 1 aromatic carbocycles. The van der Waals surface area contributed by atoms with Crippen molar-refractivity contribution in [2.24, 2.45) is 0 Å². The highest BCUT2D eigenvalue weighted by molar-refractivity contribution is 9.10. The van der Waals surface area contributed by atoms with Gasteiger partial charge in [-0.25, -0.2) is 0 Å². The summed E-state index contributed by atoms with van der Waals surface area (Å²) in [6.45, 7) is 6.74. The Kier molecular flexibility index (Phi) is 6.05. The van der Waals surface area contributed by atoms with Crippen molar-refractivity contribution in [1.29, 1.82) is 0 Å². The van der Waals surface area contributed by atoms with Gasteiger partial charge in [-0.15, -0.1) is 0 Å². The lowest BCUT2D eigenvalue weighted by Gasteiger charge is -2.37. The molecule has 1 aliphatic heterocycles. The fourth-order valence-corrected chi connectivity index (χ4v) is 3.00. The van der Waals surface area contributed by atoms with Crippen molar-refractivity contribution in [2.75, 3.05) is 26.8 Å². The van der Waals surface area contributed by atoms with E-state index in [0.29, 0.717) is 19.1 Å². The van der Waals surface area contributed by atoms with Gasteiger partial charge in [-0.3, -0.25) is 4.90 Å². The first-order valence-electron chi connectivity index (χ1n) is 7.37. The molecular weight excluding hydrogens is 334 g/mol. The number of nitrogens with zero attached hydrogens (tertiary/aromatic N) is 1. The molecule has 1 saturated heterocycles. The average molecular weight is 358 g/mol. The lowest BCUT2D eigenvalue weighted by molar-refractivity contribution is -0.0941. The lowest BCUT2D eigenvalue weighted by Crippen LogP contribution is -2.50. The first-order valence-corrected chi connectivity index (χ1v) is 8.16. The molecule has 2 rings (SSSR count). The van der Waals surface area contributed by atoms with Crippen LogP contribution in [0.25, 0.3) is 0 Å². The molecule has 1 heterocycles. The molecule has 0 amide bonds. The predicted octanol–water partition coefficient (Wildman–Crippen LogP) is 2.47. The standard InChI is InChI=1S/C16H24BrNO3/c1-11(2)18-6-7-21-16(10-18)15(19)9-12-8-13(20-3)4-5-14(12)17/h4-5,8,11,15-16,19H,6-7,9-10H2,1-3H3. The van der Waals surface area contributed by atoms with E-state index in [1.54, 1.807) is 7.11 Å². The van der Waals surface area contributed by atoms with E-state index in [9.17, 15) is 5.11 Å². The Morgan fingerprint density at radius 3 is 2.90 bits per heavy atom. The van der Waals surface area contributed by atoms with Crippen LogP contribution in [0.3, 0.4) is 0 Å². The van der Waals surface area contributed by atoms with E-state index in [0.717, 1.165) is 28.9 Å². The molecule has 1 aliphatic rings. The Morgan fingerprint density at radius 2 is 2.24 bits per heavy atom. The molecule has 0 saturated carbocycles. The number of benzene rings is 1. The van der Waals surface area contributed by atoms with Crippen LogP contribution in [0, 0.1) is 0 Å². The van der Waals surface area contributed by atoms with E-state index in [4.69, 9.17) is 9.47 Å². The highest BCUT2D eigenvalue weighted by atomic mass is 79.9. The molecule has 0 spiro atoms. The number of ether oxygens (including phenoxy) is 2. The Balaban J connectivity index is 2.02. The molecule has 1 aromatic rings. The molecule has 2 unspecified atom stereocenters. The quantitative estimate of drug-likeness (QED) is 0.878. The van der Waals surface area contributed by atoms with E-state index < -0.39 is 6.10 Å². The largest absolute Gasteiger partial charge is 0.497 e. The fourth-order valence-electron chi connectivity index (χ4n) is 2.59. The molecule has 0 aliphatic carbocycles. The van der Waals surface area contributed by atoms with Crippen molar-refractivity contribution in [1.82, 2.24) is 4.90 Å². The van der Waals surface area contributed by atoms with Crippen LogP contribution >= 0.6 is 15.9 Å². The Bertz CT molecular complexity index is 467. The second kappa shape index (κ2) is 7.58. The van der Waals surface area contributed by atoms with Crippen molar-refractivity contribution >= 4 is 15.9 Å². The number of rotatable bonds is 5. The van der Waals surface area contributed by atoms with Crippen LogP contribution in [0.5, 0.6) is 5.75 Å². The number of aliphatic hydroxyl groups is 1. The lowest BCUT2D eigenvalue weighted by atomic mass is 10.0. The summed E-state index contributed by atoms with van der Waals surface area (Å²) in [5.74, 6) is 0.800.